The fraction of sp³-hybridized carbons (Fsp3) is 0.636. The van der Waals surface area contributed by atoms with Crippen LogP contribution >= 0.6 is 0 Å². The van der Waals surface area contributed by atoms with Crippen molar-refractivity contribution in [1.82, 2.24) is 25.3 Å². The zero-order valence-electron chi connectivity index (χ0n) is 45.1. The van der Waals surface area contributed by atoms with Gasteiger partial charge >= 0.3 is 12.1 Å². The summed E-state index contributed by atoms with van der Waals surface area (Å²) in [7, 11) is -4.99. The van der Waals surface area contributed by atoms with E-state index in [9.17, 15) is 13.6 Å². The Hall–Kier alpha value is -4.47. The van der Waals surface area contributed by atoms with Crippen LogP contribution in [-0.2, 0) is 4.74 Å². The summed E-state index contributed by atoms with van der Waals surface area (Å²) in [6.45, 7) is 32.3. The van der Waals surface area contributed by atoms with Crippen LogP contribution in [-0.4, -0.2) is 86.8 Å². The highest BCUT2D eigenvalue weighted by atomic mass is 28.4. The fourth-order valence-corrected chi connectivity index (χ4v) is 22.2. The Labute approximate surface area is 422 Å². The van der Waals surface area contributed by atoms with E-state index in [1.807, 2.05) is 6.07 Å². The Morgan fingerprint density at radius 1 is 0.873 bits per heavy atom. The van der Waals surface area contributed by atoms with E-state index < -0.39 is 64.5 Å². The summed E-state index contributed by atoms with van der Waals surface area (Å²) in [6.07, 6.45) is 3.79. The Kier molecular flexibility index (Phi) is 17.6. The summed E-state index contributed by atoms with van der Waals surface area (Å²) >= 11 is 0. The molecule has 6 rings (SSSR count). The average molecular weight is 1020 g/mol. The summed E-state index contributed by atoms with van der Waals surface area (Å²) < 4.78 is 84.5. The van der Waals surface area contributed by atoms with E-state index in [-0.39, 0.29) is 79.4 Å². The molecule has 4 heterocycles. The van der Waals surface area contributed by atoms with Gasteiger partial charge in [-0.1, -0.05) is 95.1 Å². The smallest absolute Gasteiger partial charge is 0.429 e. The van der Waals surface area contributed by atoms with E-state index in [4.69, 9.17) is 28.9 Å². The predicted octanol–water partition coefficient (Wildman–Crippen LogP) is 14.8. The molecule has 10 nitrogen and oxygen atoms in total. The van der Waals surface area contributed by atoms with E-state index in [0.29, 0.717) is 61.8 Å². The average Bonchev–Trinajstić information content (AvgIpc) is 3.52. The first-order valence-electron chi connectivity index (χ1n) is 26.1. The predicted molar refractivity (Wildman–Crippen MR) is 285 cm³/mol. The maximum absolute atomic E-state index is 18.3. The molecule has 1 N–H and O–H groups in total. The molecule has 0 aliphatic carbocycles. The quantitative estimate of drug-likeness (QED) is 0.0797. The lowest BCUT2D eigenvalue weighted by molar-refractivity contribution is -0.0334. The van der Waals surface area contributed by atoms with E-state index in [1.54, 1.807) is 37.9 Å². The summed E-state index contributed by atoms with van der Waals surface area (Å²) in [5.41, 5.74) is 4.51. The number of alkyl halides is 2. The van der Waals surface area contributed by atoms with Crippen LogP contribution in [0.1, 0.15) is 148 Å². The minimum Gasteiger partial charge on any atom is -0.543 e. The molecule has 1 unspecified atom stereocenters. The van der Waals surface area contributed by atoms with Crippen molar-refractivity contribution in [3.05, 3.63) is 47.7 Å². The Balaban J connectivity index is 1.67. The number of hydrazine groups is 1. The number of carbonyl (C=O) groups is 1. The van der Waals surface area contributed by atoms with Crippen LogP contribution < -0.4 is 19.5 Å². The second-order valence-electron chi connectivity index (χ2n) is 22.9. The summed E-state index contributed by atoms with van der Waals surface area (Å²) in [6, 6.07) is 6.58. The zero-order chi connectivity index (χ0) is 52.4. The van der Waals surface area contributed by atoms with Crippen molar-refractivity contribution in [1.29, 1.82) is 0 Å². The lowest BCUT2D eigenvalue weighted by Gasteiger charge is -2.42. The van der Waals surface area contributed by atoms with Gasteiger partial charge in [-0.2, -0.15) is 9.97 Å². The second kappa shape index (κ2) is 22.3. The first kappa shape index (κ1) is 55.8. The molecule has 2 saturated heterocycles. The van der Waals surface area contributed by atoms with Crippen molar-refractivity contribution in [2.24, 2.45) is 5.92 Å². The lowest BCUT2D eigenvalue weighted by atomic mass is 9.95. The van der Waals surface area contributed by atoms with Crippen LogP contribution in [0.2, 0.25) is 33.2 Å². The van der Waals surface area contributed by atoms with E-state index in [1.165, 1.54) is 17.3 Å². The Morgan fingerprint density at radius 3 is 2.14 bits per heavy atom. The molecule has 1 amide bonds. The molecule has 2 aliphatic rings. The summed E-state index contributed by atoms with van der Waals surface area (Å²) in [5, 5.41) is 7.17. The maximum atomic E-state index is 18.3. The maximum Gasteiger partial charge on any atom is 0.429 e. The van der Waals surface area contributed by atoms with Crippen molar-refractivity contribution in [2.45, 2.75) is 187 Å². The fourth-order valence-electron chi connectivity index (χ4n) is 11.8. The third kappa shape index (κ3) is 12.0. The number of fused-ring (bicyclic) bond motifs is 2. The molecule has 2 fully saturated rings. The van der Waals surface area contributed by atoms with Gasteiger partial charge in [0, 0.05) is 36.7 Å². The minimum absolute atomic E-state index is 0.116. The zero-order valence-corrected chi connectivity index (χ0v) is 47.1. The van der Waals surface area contributed by atoms with Gasteiger partial charge in [0.1, 0.15) is 36.5 Å². The third-order valence-corrected chi connectivity index (χ3v) is 27.3. The number of anilines is 1. The number of rotatable bonds is 13. The number of benzene rings is 2. The van der Waals surface area contributed by atoms with Crippen molar-refractivity contribution >= 4 is 50.0 Å². The number of hydrogen-bond acceptors (Lipinski definition) is 9. The van der Waals surface area contributed by atoms with Gasteiger partial charge in [0.15, 0.2) is 11.6 Å². The molecule has 0 saturated carbocycles. The molecule has 0 spiro atoms. The Morgan fingerprint density at radius 2 is 1.52 bits per heavy atom. The minimum atomic E-state index is -2.95. The lowest BCUT2D eigenvalue weighted by Crippen LogP contribution is -2.50. The molecule has 2 aromatic carbocycles. The van der Waals surface area contributed by atoms with Gasteiger partial charge in [-0.25, -0.2) is 27.4 Å². The van der Waals surface area contributed by atoms with Gasteiger partial charge in [-0.3, -0.25) is 9.99 Å². The number of carbonyl (C=O) groups excluding carboxylic acids is 1. The van der Waals surface area contributed by atoms with Crippen LogP contribution in [0.5, 0.6) is 11.8 Å². The number of pyridine rings is 1. The van der Waals surface area contributed by atoms with Gasteiger partial charge in [0.25, 0.3) is 14.2 Å². The topological polar surface area (TPSA) is 102 Å². The van der Waals surface area contributed by atoms with E-state index >= 15 is 8.78 Å². The number of aromatic nitrogens is 3. The standard InChI is InChI=1S/C55H80F4N6O4Si2/c1-34(2)70(35(3)4,36(5)6)27-23-43-46(56)22-21-41-28-42(69-71(37(7)8,38(9)10)39(11)12)29-44(47(41)43)49-48(57)50-45(31-61-49)51(64-25-17-16-18-26-65(64)53(66)68-54(13,14)15)63-52(62-50)67-32-40-20-19-24-60-33-55(58,59)30-40/h21-22,28-29,31,34-40,60H,16-20,24-26,30,32-33H2,1-15H3. The third-order valence-electron chi connectivity index (χ3n) is 15.0. The second-order valence-corrected chi connectivity index (χ2v) is 33.9. The highest BCUT2D eigenvalue weighted by Gasteiger charge is 2.47. The first-order chi connectivity index (χ1) is 33.2. The number of nitrogens with one attached hydrogen (secondary N) is 1. The van der Waals surface area contributed by atoms with Gasteiger partial charge in [-0.05, 0) is 122 Å². The first-order valence-corrected chi connectivity index (χ1v) is 30.5. The molecular formula is C55H80F4N6O4Si2. The number of hydrogen-bond donors (Lipinski definition) is 1. The van der Waals surface area contributed by atoms with Crippen molar-refractivity contribution in [3.63, 3.8) is 0 Å². The SMILES string of the molecule is CC(C)[Si](C#Cc1c(F)ccc2cc(O[Si](C(C)C)(C(C)C)C(C)C)cc(-c3ncc4c(N5CCCCCN5C(=O)OC(C)(C)C)nc(OCC5CCCNCC(F)(F)C5)nc4c3F)c12)(C(C)C)C(C)C. The van der Waals surface area contributed by atoms with Gasteiger partial charge in [0.05, 0.1) is 24.1 Å². The van der Waals surface area contributed by atoms with Crippen molar-refractivity contribution < 1.29 is 36.3 Å². The molecule has 4 aromatic rings. The highest BCUT2D eigenvalue weighted by Crippen LogP contribution is 2.46. The van der Waals surface area contributed by atoms with Gasteiger partial charge in [-0.15, -0.1) is 5.54 Å². The summed E-state index contributed by atoms with van der Waals surface area (Å²) in [4.78, 5) is 28.4. The molecule has 71 heavy (non-hydrogen) atoms. The van der Waals surface area contributed by atoms with Crippen LogP contribution in [0.4, 0.5) is 28.2 Å². The molecule has 2 aromatic heterocycles. The molecular weight excluding hydrogens is 941 g/mol. The van der Waals surface area contributed by atoms with Gasteiger partial charge < -0.3 is 19.2 Å². The number of amides is 1. The van der Waals surface area contributed by atoms with Crippen LogP contribution in [0.15, 0.2) is 30.5 Å². The molecule has 2 aliphatic heterocycles. The van der Waals surface area contributed by atoms with Crippen LogP contribution in [0.3, 0.4) is 0 Å². The molecule has 16 heteroatoms. The highest BCUT2D eigenvalue weighted by molar-refractivity contribution is 6.90. The molecule has 0 radical (unpaired) electrons. The molecule has 0 bridgehead atoms. The largest absolute Gasteiger partial charge is 0.543 e. The normalized spacial score (nSPS) is 17.6. The van der Waals surface area contributed by atoms with Gasteiger partial charge in [0.2, 0.25) is 0 Å². The van der Waals surface area contributed by atoms with Crippen LogP contribution in [0.25, 0.3) is 32.9 Å². The van der Waals surface area contributed by atoms with Crippen LogP contribution in [0, 0.1) is 29.0 Å². The molecule has 1 atom stereocenters. The number of ether oxygens (including phenoxy) is 2. The molecule has 390 valence electrons. The van der Waals surface area contributed by atoms with E-state index in [0.717, 1.165) is 6.42 Å². The van der Waals surface area contributed by atoms with Crippen molar-refractivity contribution in [3.8, 4) is 34.5 Å². The number of halogens is 4. The number of nitrogens with zero attached hydrogens (tertiary/aromatic N) is 5. The summed E-state index contributed by atoms with van der Waals surface area (Å²) in [5.74, 6) is -0.795. The van der Waals surface area contributed by atoms with E-state index in [2.05, 4.69) is 99.9 Å². The monoisotopic (exact) mass is 1020 g/mol. The Bertz CT molecular complexity index is 2550. The van der Waals surface area contributed by atoms with Crippen molar-refractivity contribution in [2.75, 3.05) is 37.8 Å².